The summed E-state index contributed by atoms with van der Waals surface area (Å²) in [6.45, 7) is 25.9. The van der Waals surface area contributed by atoms with E-state index in [4.69, 9.17) is 0 Å². The third kappa shape index (κ3) is 17.5. The second kappa shape index (κ2) is 23.9. The summed E-state index contributed by atoms with van der Waals surface area (Å²) in [6, 6.07) is 17.5. The van der Waals surface area contributed by atoms with Crippen LogP contribution in [0.15, 0.2) is 60.7 Å². The van der Waals surface area contributed by atoms with Gasteiger partial charge in [-0.2, -0.15) is 0 Å². The summed E-state index contributed by atoms with van der Waals surface area (Å²) < 4.78 is 59.3. The van der Waals surface area contributed by atoms with Crippen LogP contribution in [0.5, 0.6) is 0 Å². The highest BCUT2D eigenvalue weighted by atomic mass is 33.1. The van der Waals surface area contributed by atoms with Crippen molar-refractivity contribution in [1.82, 2.24) is 0 Å². The first-order valence-electron chi connectivity index (χ1n) is 22.5. The van der Waals surface area contributed by atoms with Crippen LogP contribution >= 0.6 is 21.6 Å². The van der Waals surface area contributed by atoms with E-state index in [1.54, 1.807) is 21.6 Å². The van der Waals surface area contributed by atoms with Gasteiger partial charge in [-0.05, 0) is 154 Å². The first-order valence-corrected chi connectivity index (χ1v) is 25.0. The second-order valence-electron chi connectivity index (χ2n) is 20.4. The Balaban J connectivity index is 1.15. The van der Waals surface area contributed by atoms with E-state index in [2.05, 4.69) is 166 Å². The second-order valence-corrected chi connectivity index (χ2v) is 23.1. The summed E-state index contributed by atoms with van der Waals surface area (Å²) in [5, 5.41) is 0. The fourth-order valence-corrected chi connectivity index (χ4v) is 8.54. The highest BCUT2D eigenvalue weighted by Crippen LogP contribution is 2.32. The predicted molar refractivity (Wildman–Crippen MR) is 274 cm³/mol. The van der Waals surface area contributed by atoms with Crippen molar-refractivity contribution in [3.05, 3.63) is 140 Å². The Morgan fingerprint density at radius 3 is 0.909 bits per heavy atom. The Hall–Kier alpha value is -5.34. The summed E-state index contributed by atoms with van der Waals surface area (Å²) in [5.41, 5.74) is 6.01. The van der Waals surface area contributed by atoms with Crippen molar-refractivity contribution >= 4 is 21.6 Å². The van der Waals surface area contributed by atoms with Gasteiger partial charge in [0.2, 0.25) is 0 Å². The lowest BCUT2D eigenvalue weighted by molar-refractivity contribution is 0.567. The quantitative estimate of drug-likeness (QED) is 0.0710. The molecule has 0 bridgehead atoms. The number of hydrogen-bond donors (Lipinski definition) is 0. The van der Waals surface area contributed by atoms with Crippen LogP contribution in [0.25, 0.3) is 0 Å². The predicted octanol–water partition coefficient (Wildman–Crippen LogP) is 15.4. The van der Waals surface area contributed by atoms with Gasteiger partial charge in [-0.3, -0.25) is 0 Å². The molecule has 0 aromatic heterocycles. The van der Waals surface area contributed by atoms with Crippen molar-refractivity contribution < 1.29 is 17.6 Å². The van der Waals surface area contributed by atoms with E-state index in [0.29, 0.717) is 12.8 Å². The van der Waals surface area contributed by atoms with Gasteiger partial charge in [0.1, 0.15) is 23.3 Å². The minimum absolute atomic E-state index is 0.0537. The van der Waals surface area contributed by atoms with Crippen LogP contribution in [-0.2, 0) is 21.7 Å². The smallest absolute Gasteiger partial charge is 0.143 e. The lowest BCUT2D eigenvalue weighted by atomic mass is 9.79. The molecule has 0 aliphatic carbocycles. The Morgan fingerprint density at radius 1 is 0.348 bits per heavy atom. The molecule has 0 fully saturated rings. The molecule has 0 heterocycles. The molecule has 0 unspecified atom stereocenters. The summed E-state index contributed by atoms with van der Waals surface area (Å²) in [4.78, 5) is 0. The minimum Gasteiger partial charge on any atom is -0.205 e. The van der Waals surface area contributed by atoms with Crippen LogP contribution in [0.4, 0.5) is 17.6 Å². The maximum absolute atomic E-state index is 14.8. The molecule has 342 valence electrons. The van der Waals surface area contributed by atoms with E-state index in [1.807, 2.05) is 24.3 Å². The zero-order chi connectivity index (χ0) is 48.7. The van der Waals surface area contributed by atoms with Crippen LogP contribution in [-0.4, -0.2) is 11.5 Å². The number of halogens is 4. The maximum Gasteiger partial charge on any atom is 0.143 e. The monoisotopic (exact) mass is 922 g/mol. The molecule has 0 saturated heterocycles. The van der Waals surface area contributed by atoms with Gasteiger partial charge in [0, 0.05) is 46.6 Å². The third-order valence-electron chi connectivity index (χ3n) is 10.4. The summed E-state index contributed by atoms with van der Waals surface area (Å²) in [6.07, 6.45) is 4.97. The molecule has 0 atom stereocenters. The maximum atomic E-state index is 14.8. The average molecular weight is 923 g/mol. The Bertz CT molecular complexity index is 2460. The molecule has 66 heavy (non-hydrogen) atoms. The van der Waals surface area contributed by atoms with Crippen LogP contribution in [0.1, 0.15) is 177 Å². The Kier molecular flexibility index (Phi) is 19.3. The van der Waals surface area contributed by atoms with E-state index in [9.17, 15) is 17.6 Å². The van der Waals surface area contributed by atoms with Crippen molar-refractivity contribution in [3.63, 3.8) is 0 Å². The molecular formula is C60H62F4S2. The van der Waals surface area contributed by atoms with Crippen LogP contribution in [0.2, 0.25) is 0 Å². The number of hydrogen-bond acceptors (Lipinski definition) is 2. The van der Waals surface area contributed by atoms with E-state index in [-0.39, 0.29) is 43.9 Å². The van der Waals surface area contributed by atoms with Gasteiger partial charge in [0.05, 0.1) is 11.1 Å². The molecule has 0 nitrogen and oxygen atoms in total. The Labute approximate surface area is 402 Å². The molecule has 6 heteroatoms. The normalized spacial score (nSPS) is 11.2. The largest absolute Gasteiger partial charge is 0.205 e. The van der Waals surface area contributed by atoms with Gasteiger partial charge in [0.25, 0.3) is 0 Å². The van der Waals surface area contributed by atoms with E-state index >= 15 is 0 Å². The topological polar surface area (TPSA) is 0 Å². The van der Waals surface area contributed by atoms with Crippen molar-refractivity contribution in [2.45, 2.75) is 143 Å². The van der Waals surface area contributed by atoms with Crippen molar-refractivity contribution in [2.24, 2.45) is 0 Å². The molecule has 0 saturated carbocycles. The number of benzene rings is 4. The van der Waals surface area contributed by atoms with Gasteiger partial charge in [-0.1, -0.05) is 152 Å². The molecule has 4 rings (SSSR count). The fraction of sp³-hybridized carbons (Fsp3) is 0.400. The average Bonchev–Trinajstić information content (AvgIpc) is 3.21. The number of unbranched alkanes of at least 4 members (excludes halogenated alkanes) is 4. The fourth-order valence-electron chi connectivity index (χ4n) is 6.25. The lowest BCUT2D eigenvalue weighted by Gasteiger charge is -2.25. The number of rotatable bonds is 9. The highest BCUT2D eigenvalue weighted by molar-refractivity contribution is 8.76. The Morgan fingerprint density at radius 2 is 0.621 bits per heavy atom. The first-order chi connectivity index (χ1) is 30.9. The zero-order valence-corrected chi connectivity index (χ0v) is 42.4. The van der Waals surface area contributed by atoms with Gasteiger partial charge in [0.15, 0.2) is 0 Å². The van der Waals surface area contributed by atoms with E-state index < -0.39 is 23.3 Å². The van der Waals surface area contributed by atoms with Gasteiger partial charge in [-0.25, -0.2) is 17.6 Å². The lowest BCUT2D eigenvalue weighted by Crippen LogP contribution is -2.16. The molecule has 4 aromatic rings. The molecule has 0 aliphatic rings. The minimum atomic E-state index is -0.757. The third-order valence-corrected chi connectivity index (χ3v) is 13.0. The van der Waals surface area contributed by atoms with E-state index in [1.165, 1.54) is 46.5 Å². The molecule has 0 spiro atoms. The van der Waals surface area contributed by atoms with Crippen molar-refractivity contribution in [2.75, 3.05) is 11.5 Å². The van der Waals surface area contributed by atoms with Crippen molar-refractivity contribution in [3.8, 4) is 71.0 Å². The molecular weight excluding hydrogens is 861 g/mol. The molecule has 0 N–H and O–H groups in total. The van der Waals surface area contributed by atoms with Crippen LogP contribution in [0.3, 0.4) is 0 Å². The van der Waals surface area contributed by atoms with Crippen LogP contribution < -0.4 is 0 Å². The van der Waals surface area contributed by atoms with Crippen molar-refractivity contribution in [1.29, 1.82) is 0 Å². The van der Waals surface area contributed by atoms with E-state index in [0.717, 1.165) is 48.3 Å². The molecule has 0 aliphatic heterocycles. The van der Waals surface area contributed by atoms with Crippen LogP contribution in [0, 0.1) is 94.3 Å². The standard InChI is InChI=1S/C60H62F4S2/c1-57(2,3)47-33-43(34-48(41-47)58(4,5)6)27-19-21-29-51-53(61)37-45(38-54(51)62)25-17-13-15-23-31-65-66-32-24-16-14-18-26-46-39-55(63)52(56(64)40-46)30-22-20-28-44-35-49(59(7,8)9)42-50(36-44)60(10,11)12/h33-42H,13-16,23-24,31-32H2,1-12H3. The summed E-state index contributed by atoms with van der Waals surface area (Å²) >= 11 is 0. The summed E-state index contributed by atoms with van der Waals surface area (Å²) in [5.74, 6) is 32.7. The van der Waals surface area contributed by atoms with Gasteiger partial charge >= 0.3 is 0 Å². The first kappa shape index (κ1) is 53.3. The molecule has 0 radical (unpaired) electrons. The SMILES string of the molecule is CC(C)(C)c1cc(C#CC#Cc2c(F)cc(C#CCCCCSSCCCCC#Cc3cc(F)c(C#CC#Cc4cc(C(C)(C)C)cc(C(C)(C)C)c4)c(F)c3)cc2F)cc(C(C)(C)C)c1. The van der Waals surface area contributed by atoms with Gasteiger partial charge in [-0.15, -0.1) is 0 Å². The molecule has 4 aromatic carbocycles. The molecule has 0 amide bonds. The summed E-state index contributed by atoms with van der Waals surface area (Å²) in [7, 11) is 3.61. The highest BCUT2D eigenvalue weighted by Gasteiger charge is 2.21. The van der Waals surface area contributed by atoms with Gasteiger partial charge < -0.3 is 0 Å². The zero-order valence-electron chi connectivity index (χ0n) is 40.8.